The van der Waals surface area contributed by atoms with E-state index in [-0.39, 0.29) is 5.91 Å². The number of carbonyl (C=O) groups is 1. The highest BCUT2D eigenvalue weighted by Crippen LogP contribution is 2.20. The SMILES string of the molecule is CC(=O)N1CCC(N(CCc2ccccc2)Cc2ccccc2)CC1. The number of benzene rings is 2. The van der Waals surface area contributed by atoms with Crippen molar-refractivity contribution in [3.8, 4) is 0 Å². The molecule has 132 valence electrons. The van der Waals surface area contributed by atoms with Crippen LogP contribution >= 0.6 is 0 Å². The molecule has 1 aliphatic heterocycles. The Morgan fingerprint density at radius 1 is 0.960 bits per heavy atom. The molecule has 0 spiro atoms. The van der Waals surface area contributed by atoms with Gasteiger partial charge in [-0.25, -0.2) is 0 Å². The molecule has 0 unspecified atom stereocenters. The molecule has 0 atom stereocenters. The zero-order valence-corrected chi connectivity index (χ0v) is 15.1. The van der Waals surface area contributed by atoms with Gasteiger partial charge in [-0.15, -0.1) is 0 Å². The Kier molecular flexibility index (Phi) is 6.24. The molecule has 1 saturated heterocycles. The molecule has 0 radical (unpaired) electrons. The third kappa shape index (κ3) is 5.17. The first kappa shape index (κ1) is 17.7. The van der Waals surface area contributed by atoms with Crippen LogP contribution in [-0.2, 0) is 17.8 Å². The van der Waals surface area contributed by atoms with Gasteiger partial charge in [-0.2, -0.15) is 0 Å². The molecule has 1 heterocycles. The molecular weight excluding hydrogens is 308 g/mol. The Morgan fingerprint density at radius 2 is 1.52 bits per heavy atom. The molecule has 1 fully saturated rings. The van der Waals surface area contributed by atoms with E-state index in [9.17, 15) is 4.79 Å². The predicted octanol–water partition coefficient (Wildman–Crippen LogP) is 3.74. The van der Waals surface area contributed by atoms with Crippen LogP contribution in [0.15, 0.2) is 60.7 Å². The van der Waals surface area contributed by atoms with E-state index in [0.29, 0.717) is 6.04 Å². The number of amides is 1. The highest BCUT2D eigenvalue weighted by Gasteiger charge is 2.25. The largest absolute Gasteiger partial charge is 0.343 e. The standard InChI is InChI=1S/C22H28N2O/c1-19(25)23-16-13-22(14-17-23)24(18-21-10-6-3-7-11-21)15-12-20-8-4-2-5-9-20/h2-11,22H,12-18H2,1H3. The summed E-state index contributed by atoms with van der Waals surface area (Å²) in [6, 6.07) is 22.0. The summed E-state index contributed by atoms with van der Waals surface area (Å²) in [5.74, 6) is 0.206. The fraction of sp³-hybridized carbons (Fsp3) is 0.409. The molecule has 3 heteroatoms. The Balaban J connectivity index is 1.65. The Hall–Kier alpha value is -2.13. The van der Waals surface area contributed by atoms with Gasteiger partial charge >= 0.3 is 0 Å². The lowest BCUT2D eigenvalue weighted by molar-refractivity contribution is -0.130. The lowest BCUT2D eigenvalue weighted by Gasteiger charge is -2.38. The zero-order chi connectivity index (χ0) is 17.5. The topological polar surface area (TPSA) is 23.6 Å². The molecule has 25 heavy (non-hydrogen) atoms. The van der Waals surface area contributed by atoms with E-state index in [1.807, 2.05) is 4.90 Å². The quantitative estimate of drug-likeness (QED) is 0.802. The van der Waals surface area contributed by atoms with Crippen LogP contribution in [0.4, 0.5) is 0 Å². The summed E-state index contributed by atoms with van der Waals surface area (Å²) in [7, 11) is 0. The average Bonchev–Trinajstić information content (AvgIpc) is 2.67. The summed E-state index contributed by atoms with van der Waals surface area (Å²) < 4.78 is 0. The molecule has 1 aliphatic rings. The van der Waals surface area contributed by atoms with E-state index in [4.69, 9.17) is 0 Å². The van der Waals surface area contributed by atoms with Crippen molar-refractivity contribution in [2.75, 3.05) is 19.6 Å². The minimum Gasteiger partial charge on any atom is -0.343 e. The number of likely N-dealkylation sites (tertiary alicyclic amines) is 1. The van der Waals surface area contributed by atoms with Gasteiger partial charge in [0, 0.05) is 39.1 Å². The van der Waals surface area contributed by atoms with Gasteiger partial charge in [-0.05, 0) is 30.4 Å². The molecule has 0 N–H and O–H groups in total. The predicted molar refractivity (Wildman–Crippen MR) is 102 cm³/mol. The van der Waals surface area contributed by atoms with E-state index in [2.05, 4.69) is 65.6 Å². The zero-order valence-electron chi connectivity index (χ0n) is 15.1. The highest BCUT2D eigenvalue weighted by atomic mass is 16.2. The maximum atomic E-state index is 11.6. The second-order valence-electron chi connectivity index (χ2n) is 6.93. The Labute approximate surface area is 151 Å². The van der Waals surface area contributed by atoms with E-state index < -0.39 is 0 Å². The normalized spacial score (nSPS) is 15.5. The molecular formula is C22H28N2O. The van der Waals surface area contributed by atoms with E-state index in [1.54, 1.807) is 6.92 Å². The third-order valence-corrected chi connectivity index (χ3v) is 5.19. The molecule has 0 aromatic heterocycles. The Morgan fingerprint density at radius 3 is 2.08 bits per heavy atom. The second kappa shape index (κ2) is 8.82. The molecule has 1 amide bonds. The van der Waals surface area contributed by atoms with Crippen molar-refractivity contribution in [2.24, 2.45) is 0 Å². The molecule has 2 aromatic carbocycles. The summed E-state index contributed by atoms with van der Waals surface area (Å²) in [5, 5.41) is 0. The minimum atomic E-state index is 0.206. The molecule has 0 aliphatic carbocycles. The lowest BCUT2D eigenvalue weighted by Crippen LogP contribution is -2.46. The first-order valence-electron chi connectivity index (χ1n) is 9.30. The van der Waals surface area contributed by atoms with Crippen LogP contribution in [0.25, 0.3) is 0 Å². The average molecular weight is 336 g/mol. The summed E-state index contributed by atoms with van der Waals surface area (Å²) >= 11 is 0. The molecule has 2 aromatic rings. The number of hydrogen-bond acceptors (Lipinski definition) is 2. The molecule has 3 nitrogen and oxygen atoms in total. The first-order chi connectivity index (χ1) is 12.2. The van der Waals surface area contributed by atoms with Crippen molar-refractivity contribution in [1.29, 1.82) is 0 Å². The van der Waals surface area contributed by atoms with E-state index >= 15 is 0 Å². The molecule has 0 bridgehead atoms. The van der Waals surface area contributed by atoms with Crippen molar-refractivity contribution in [1.82, 2.24) is 9.80 Å². The van der Waals surface area contributed by atoms with Crippen LogP contribution in [0.5, 0.6) is 0 Å². The van der Waals surface area contributed by atoms with Crippen molar-refractivity contribution in [3.05, 3.63) is 71.8 Å². The monoisotopic (exact) mass is 336 g/mol. The fourth-order valence-corrected chi connectivity index (χ4v) is 3.67. The van der Waals surface area contributed by atoms with Crippen LogP contribution in [0.1, 0.15) is 30.9 Å². The van der Waals surface area contributed by atoms with Crippen molar-refractivity contribution in [2.45, 2.75) is 38.8 Å². The van der Waals surface area contributed by atoms with Gasteiger partial charge in [-0.3, -0.25) is 9.69 Å². The lowest BCUT2D eigenvalue weighted by atomic mass is 10.0. The summed E-state index contributed by atoms with van der Waals surface area (Å²) in [6.45, 7) is 5.49. The number of piperidine rings is 1. The first-order valence-corrected chi connectivity index (χ1v) is 9.30. The Bertz CT molecular complexity index is 648. The molecule has 3 rings (SSSR count). The number of rotatable bonds is 6. The highest BCUT2D eigenvalue weighted by molar-refractivity contribution is 5.73. The van der Waals surface area contributed by atoms with Crippen LogP contribution in [0.2, 0.25) is 0 Å². The van der Waals surface area contributed by atoms with Gasteiger partial charge in [0.15, 0.2) is 0 Å². The number of hydrogen-bond donors (Lipinski definition) is 0. The second-order valence-corrected chi connectivity index (χ2v) is 6.93. The summed E-state index contributed by atoms with van der Waals surface area (Å²) in [5.41, 5.74) is 2.76. The van der Waals surface area contributed by atoms with Gasteiger partial charge in [0.2, 0.25) is 5.91 Å². The third-order valence-electron chi connectivity index (χ3n) is 5.19. The van der Waals surface area contributed by atoms with Crippen LogP contribution in [0, 0.1) is 0 Å². The van der Waals surface area contributed by atoms with Gasteiger partial charge in [0.25, 0.3) is 0 Å². The summed E-state index contributed by atoms with van der Waals surface area (Å²) in [4.78, 5) is 16.2. The van der Waals surface area contributed by atoms with Crippen LogP contribution in [-0.4, -0.2) is 41.4 Å². The smallest absolute Gasteiger partial charge is 0.219 e. The fourth-order valence-electron chi connectivity index (χ4n) is 3.67. The van der Waals surface area contributed by atoms with E-state index in [0.717, 1.165) is 45.4 Å². The van der Waals surface area contributed by atoms with Gasteiger partial charge in [0.05, 0.1) is 0 Å². The minimum absolute atomic E-state index is 0.206. The van der Waals surface area contributed by atoms with Gasteiger partial charge < -0.3 is 4.90 Å². The number of nitrogens with zero attached hydrogens (tertiary/aromatic N) is 2. The molecule has 0 saturated carbocycles. The summed E-state index contributed by atoms with van der Waals surface area (Å²) in [6.07, 6.45) is 3.21. The maximum Gasteiger partial charge on any atom is 0.219 e. The van der Waals surface area contributed by atoms with Crippen molar-refractivity contribution >= 4 is 5.91 Å². The van der Waals surface area contributed by atoms with Gasteiger partial charge in [-0.1, -0.05) is 60.7 Å². The van der Waals surface area contributed by atoms with Crippen LogP contribution in [0.3, 0.4) is 0 Å². The van der Waals surface area contributed by atoms with Crippen molar-refractivity contribution < 1.29 is 4.79 Å². The van der Waals surface area contributed by atoms with E-state index in [1.165, 1.54) is 11.1 Å². The van der Waals surface area contributed by atoms with Crippen LogP contribution < -0.4 is 0 Å². The maximum absolute atomic E-state index is 11.6. The number of carbonyl (C=O) groups excluding carboxylic acids is 1. The van der Waals surface area contributed by atoms with Gasteiger partial charge in [0.1, 0.15) is 0 Å². The van der Waals surface area contributed by atoms with Crippen molar-refractivity contribution in [3.63, 3.8) is 0 Å².